The number of hydrogen-bond donors (Lipinski definition) is 1. The molecule has 0 fully saturated rings. The summed E-state index contributed by atoms with van der Waals surface area (Å²) < 4.78 is 1.03. The molecule has 3 heteroatoms. The largest absolute Gasteiger partial charge is 1.00 e. The van der Waals surface area contributed by atoms with E-state index >= 15 is 0 Å². The lowest BCUT2D eigenvalue weighted by atomic mass is 10.2. The summed E-state index contributed by atoms with van der Waals surface area (Å²) >= 11 is 0. The number of unbranched alkanes of at least 4 members (excludes halogenated alkanes) is 2. The highest BCUT2D eigenvalue weighted by Gasteiger charge is 2.04. The van der Waals surface area contributed by atoms with Crippen molar-refractivity contribution in [1.29, 1.82) is 0 Å². The molecule has 0 aromatic carbocycles. The van der Waals surface area contributed by atoms with E-state index in [0.29, 0.717) is 6.61 Å². The van der Waals surface area contributed by atoms with Gasteiger partial charge in [0, 0.05) is 6.61 Å². The van der Waals surface area contributed by atoms with Gasteiger partial charge in [-0.15, -0.1) is 0 Å². The molecular formula is C8H20INO. The fourth-order valence-electron chi connectivity index (χ4n) is 0.875. The van der Waals surface area contributed by atoms with E-state index in [9.17, 15) is 0 Å². The zero-order chi connectivity index (χ0) is 8.04. The first-order chi connectivity index (χ1) is 4.56. The van der Waals surface area contributed by atoms with Gasteiger partial charge in [-0.25, -0.2) is 0 Å². The maximum Gasteiger partial charge on any atom is 0.0780 e. The summed E-state index contributed by atoms with van der Waals surface area (Å²) in [4.78, 5) is 0. The van der Waals surface area contributed by atoms with Crippen LogP contribution in [0.15, 0.2) is 0 Å². The summed E-state index contributed by atoms with van der Waals surface area (Å²) in [6, 6.07) is 0. The van der Waals surface area contributed by atoms with E-state index in [-0.39, 0.29) is 24.0 Å². The smallest absolute Gasteiger partial charge is 0.0780 e. The van der Waals surface area contributed by atoms with Crippen LogP contribution in [0, 0.1) is 0 Å². The summed E-state index contributed by atoms with van der Waals surface area (Å²) in [5.74, 6) is 0. The fourth-order valence-corrected chi connectivity index (χ4v) is 0.875. The number of aliphatic hydroxyl groups is 1. The molecule has 0 aliphatic heterocycles. The number of hydrogen-bond acceptors (Lipinski definition) is 1. The number of rotatable bonds is 5. The Bertz CT molecular complexity index is 80.7. The Labute approximate surface area is 87.2 Å². The third kappa shape index (κ3) is 13.6. The van der Waals surface area contributed by atoms with Crippen LogP contribution in [0.2, 0.25) is 0 Å². The molecular weight excluding hydrogens is 253 g/mol. The Morgan fingerprint density at radius 2 is 1.55 bits per heavy atom. The molecule has 0 saturated heterocycles. The van der Waals surface area contributed by atoms with Crippen LogP contribution in [0.25, 0.3) is 0 Å². The van der Waals surface area contributed by atoms with Crippen LogP contribution in [0.1, 0.15) is 19.3 Å². The molecule has 0 spiro atoms. The SMILES string of the molecule is C[N+](C)(C)CCCCCO.[I-]. The van der Waals surface area contributed by atoms with Crippen molar-refractivity contribution >= 4 is 0 Å². The van der Waals surface area contributed by atoms with Crippen molar-refractivity contribution in [3.63, 3.8) is 0 Å². The second-order valence-electron chi connectivity index (χ2n) is 3.80. The van der Waals surface area contributed by atoms with Gasteiger partial charge in [-0.05, 0) is 19.3 Å². The average Bonchev–Trinajstić information content (AvgIpc) is 1.78. The molecule has 0 aliphatic rings. The highest BCUT2D eigenvalue weighted by atomic mass is 127. The summed E-state index contributed by atoms with van der Waals surface area (Å²) in [7, 11) is 6.58. The Kier molecular flexibility index (Phi) is 9.43. The standard InChI is InChI=1S/C8H20NO.HI/c1-9(2,3)7-5-4-6-8-10;/h10H,4-8H2,1-3H3;1H/q+1;/p-1. The van der Waals surface area contributed by atoms with Gasteiger partial charge in [0.25, 0.3) is 0 Å². The number of halogens is 1. The summed E-state index contributed by atoms with van der Waals surface area (Å²) in [5, 5.41) is 8.49. The molecule has 0 heterocycles. The highest BCUT2D eigenvalue weighted by Crippen LogP contribution is 1.99. The number of quaternary nitrogens is 1. The van der Waals surface area contributed by atoms with Crippen molar-refractivity contribution < 1.29 is 33.6 Å². The molecule has 0 atom stereocenters. The van der Waals surface area contributed by atoms with Crippen LogP contribution in [0.4, 0.5) is 0 Å². The molecule has 11 heavy (non-hydrogen) atoms. The molecule has 0 aromatic heterocycles. The minimum atomic E-state index is 0. The van der Waals surface area contributed by atoms with E-state index in [1.165, 1.54) is 13.0 Å². The lowest BCUT2D eigenvalue weighted by Gasteiger charge is -2.23. The predicted molar refractivity (Wildman–Crippen MR) is 43.8 cm³/mol. The Morgan fingerprint density at radius 3 is 1.91 bits per heavy atom. The molecule has 0 amide bonds. The van der Waals surface area contributed by atoms with E-state index in [2.05, 4.69) is 21.1 Å². The topological polar surface area (TPSA) is 20.2 Å². The molecule has 0 unspecified atom stereocenters. The summed E-state index contributed by atoms with van der Waals surface area (Å²) in [5.41, 5.74) is 0. The Hall–Kier alpha value is 0.650. The van der Waals surface area contributed by atoms with Gasteiger partial charge in [0.15, 0.2) is 0 Å². The van der Waals surface area contributed by atoms with Crippen LogP contribution in [-0.2, 0) is 0 Å². The average molecular weight is 273 g/mol. The molecule has 0 saturated carbocycles. The summed E-state index contributed by atoms with van der Waals surface area (Å²) in [6.45, 7) is 1.55. The Morgan fingerprint density at radius 1 is 1.00 bits per heavy atom. The molecule has 0 radical (unpaired) electrons. The minimum Gasteiger partial charge on any atom is -1.00 e. The van der Waals surface area contributed by atoms with Crippen LogP contribution in [-0.4, -0.2) is 43.9 Å². The van der Waals surface area contributed by atoms with Gasteiger partial charge in [-0.2, -0.15) is 0 Å². The molecule has 0 aromatic rings. The highest BCUT2D eigenvalue weighted by molar-refractivity contribution is 4.38. The van der Waals surface area contributed by atoms with Gasteiger partial charge in [0.2, 0.25) is 0 Å². The minimum absolute atomic E-state index is 0. The second kappa shape index (κ2) is 7.31. The van der Waals surface area contributed by atoms with Crippen LogP contribution >= 0.6 is 0 Å². The van der Waals surface area contributed by atoms with E-state index < -0.39 is 0 Å². The monoisotopic (exact) mass is 273 g/mol. The van der Waals surface area contributed by atoms with E-state index in [1.807, 2.05) is 0 Å². The molecule has 1 N–H and O–H groups in total. The van der Waals surface area contributed by atoms with Gasteiger partial charge in [-0.1, -0.05) is 0 Å². The third-order valence-electron chi connectivity index (χ3n) is 1.49. The fraction of sp³-hybridized carbons (Fsp3) is 1.00. The zero-order valence-corrected chi connectivity index (χ0v) is 9.97. The molecule has 0 bridgehead atoms. The van der Waals surface area contributed by atoms with E-state index in [1.54, 1.807) is 0 Å². The summed E-state index contributed by atoms with van der Waals surface area (Å²) in [6.07, 6.45) is 3.34. The second-order valence-corrected chi connectivity index (χ2v) is 3.80. The van der Waals surface area contributed by atoms with Crippen LogP contribution < -0.4 is 24.0 Å². The Balaban J connectivity index is 0. The zero-order valence-electron chi connectivity index (χ0n) is 7.81. The third-order valence-corrected chi connectivity index (χ3v) is 1.49. The molecule has 0 rings (SSSR count). The number of aliphatic hydroxyl groups excluding tert-OH is 1. The van der Waals surface area contributed by atoms with Gasteiger partial charge >= 0.3 is 0 Å². The lowest BCUT2D eigenvalue weighted by molar-refractivity contribution is -0.870. The van der Waals surface area contributed by atoms with Crippen LogP contribution in [0.3, 0.4) is 0 Å². The van der Waals surface area contributed by atoms with Crippen molar-refractivity contribution in [2.75, 3.05) is 34.3 Å². The molecule has 2 nitrogen and oxygen atoms in total. The first-order valence-corrected chi connectivity index (χ1v) is 3.97. The van der Waals surface area contributed by atoms with Gasteiger partial charge < -0.3 is 33.6 Å². The predicted octanol–water partition coefficient (Wildman–Crippen LogP) is -2.14. The quantitative estimate of drug-likeness (QED) is 0.344. The van der Waals surface area contributed by atoms with Crippen molar-refractivity contribution in [2.45, 2.75) is 19.3 Å². The maximum atomic E-state index is 8.49. The van der Waals surface area contributed by atoms with Gasteiger partial charge in [0.05, 0.1) is 27.7 Å². The van der Waals surface area contributed by atoms with Gasteiger partial charge in [0.1, 0.15) is 0 Å². The van der Waals surface area contributed by atoms with E-state index in [0.717, 1.165) is 17.3 Å². The van der Waals surface area contributed by atoms with Gasteiger partial charge in [-0.3, -0.25) is 0 Å². The first kappa shape index (κ1) is 14.2. The molecule has 0 aliphatic carbocycles. The van der Waals surface area contributed by atoms with Crippen molar-refractivity contribution in [2.24, 2.45) is 0 Å². The van der Waals surface area contributed by atoms with E-state index in [4.69, 9.17) is 5.11 Å². The lowest BCUT2D eigenvalue weighted by Crippen LogP contribution is -3.00. The number of nitrogens with zero attached hydrogens (tertiary/aromatic N) is 1. The molecule has 70 valence electrons. The maximum absolute atomic E-state index is 8.49. The van der Waals surface area contributed by atoms with Crippen LogP contribution in [0.5, 0.6) is 0 Å². The van der Waals surface area contributed by atoms with Crippen molar-refractivity contribution in [1.82, 2.24) is 0 Å². The van der Waals surface area contributed by atoms with Crippen molar-refractivity contribution in [3.05, 3.63) is 0 Å². The van der Waals surface area contributed by atoms with Crippen molar-refractivity contribution in [3.8, 4) is 0 Å². The first-order valence-electron chi connectivity index (χ1n) is 3.97. The normalized spacial score (nSPS) is 10.9.